The lowest BCUT2D eigenvalue weighted by Gasteiger charge is -2.12. The zero-order chi connectivity index (χ0) is 26.5. The van der Waals surface area contributed by atoms with Crippen molar-refractivity contribution in [1.29, 1.82) is 0 Å². The molecule has 5 aromatic rings. The Labute approximate surface area is 240 Å². The maximum absolute atomic E-state index is 5.12. The van der Waals surface area contributed by atoms with Gasteiger partial charge in [-0.3, -0.25) is 0 Å². The summed E-state index contributed by atoms with van der Waals surface area (Å²) in [4.78, 5) is 15.3. The molecule has 0 amide bonds. The number of aryl methyl sites for hydroxylation is 2. The molecule has 1 aromatic heterocycles. The van der Waals surface area contributed by atoms with E-state index >= 15 is 0 Å². The Morgan fingerprint density at radius 2 is 0.947 bits per heavy atom. The molecular formula is C33H25Br2N3. The van der Waals surface area contributed by atoms with Gasteiger partial charge >= 0.3 is 0 Å². The molecule has 0 spiro atoms. The Balaban J connectivity index is 1.67. The van der Waals surface area contributed by atoms with Crippen LogP contribution in [-0.4, -0.2) is 16.4 Å². The molecule has 0 radical (unpaired) electrons. The first-order valence-corrected chi connectivity index (χ1v) is 13.8. The van der Waals surface area contributed by atoms with Crippen molar-refractivity contribution in [3.05, 3.63) is 158 Å². The molecule has 0 saturated carbocycles. The van der Waals surface area contributed by atoms with E-state index in [1.807, 2.05) is 78.9 Å². The van der Waals surface area contributed by atoms with E-state index in [1.54, 1.807) is 0 Å². The topological polar surface area (TPSA) is 37.6 Å². The summed E-state index contributed by atoms with van der Waals surface area (Å²) in [6.45, 7) is 4.13. The number of benzene rings is 4. The fraction of sp³-hybridized carbons (Fsp3) is 0.0606. The minimum atomic E-state index is 0.782. The van der Waals surface area contributed by atoms with Gasteiger partial charge < -0.3 is 0 Å². The summed E-state index contributed by atoms with van der Waals surface area (Å²) >= 11 is 7.18. The number of rotatable bonds is 6. The van der Waals surface area contributed by atoms with Crippen LogP contribution in [0.4, 0.5) is 11.4 Å². The maximum Gasteiger partial charge on any atom is 0.0965 e. The Kier molecular flexibility index (Phi) is 8.06. The lowest BCUT2D eigenvalue weighted by molar-refractivity contribution is 1.24. The molecule has 0 fully saturated rings. The number of nitrogens with zero attached hydrogens (tertiary/aromatic N) is 3. The molecule has 0 unspecified atom stereocenters. The number of pyridine rings is 1. The van der Waals surface area contributed by atoms with Gasteiger partial charge in [-0.15, -0.1) is 0 Å². The van der Waals surface area contributed by atoms with Crippen LogP contribution in [0.5, 0.6) is 0 Å². The number of aromatic nitrogens is 1. The van der Waals surface area contributed by atoms with Gasteiger partial charge in [-0.05, 0) is 73.5 Å². The number of hydrogen-bond acceptors (Lipinski definition) is 3. The number of halogens is 2. The van der Waals surface area contributed by atoms with Gasteiger partial charge in [-0.1, -0.05) is 98.6 Å². The molecule has 3 nitrogen and oxygen atoms in total. The smallest absolute Gasteiger partial charge is 0.0965 e. The third-order valence-corrected chi connectivity index (χ3v) is 7.87. The van der Waals surface area contributed by atoms with Gasteiger partial charge in [-0.25, -0.2) is 15.0 Å². The third kappa shape index (κ3) is 6.07. The molecule has 0 saturated heterocycles. The molecule has 0 N–H and O–H groups in total. The quantitative estimate of drug-likeness (QED) is 0.174. The van der Waals surface area contributed by atoms with E-state index in [9.17, 15) is 0 Å². The highest BCUT2D eigenvalue weighted by Crippen LogP contribution is 2.26. The van der Waals surface area contributed by atoms with Crippen molar-refractivity contribution in [2.45, 2.75) is 13.8 Å². The van der Waals surface area contributed by atoms with Crippen molar-refractivity contribution < 1.29 is 0 Å². The van der Waals surface area contributed by atoms with Crippen molar-refractivity contribution in [3.63, 3.8) is 0 Å². The molecule has 5 rings (SSSR count). The first-order chi connectivity index (χ1) is 18.5. The van der Waals surface area contributed by atoms with Gasteiger partial charge in [0.25, 0.3) is 0 Å². The summed E-state index contributed by atoms with van der Waals surface area (Å²) < 4.78 is 2.12. The lowest BCUT2D eigenvalue weighted by Crippen LogP contribution is -2.11. The molecule has 0 aliphatic rings. The predicted octanol–water partition coefficient (Wildman–Crippen LogP) is 9.56. The molecule has 0 atom stereocenters. The summed E-state index contributed by atoms with van der Waals surface area (Å²) in [5.41, 5.74) is 9.18. The standard InChI is InChI=1S/C33H25Br2N3/c1-22-20-26(16-18-28(22)34)36-32(24-10-5-3-6-11-24)30-14-9-15-31(38-30)33(25-12-7-4-8-13-25)37-27-17-19-29(35)23(2)21-27/h3-21H,1-2H3. The van der Waals surface area contributed by atoms with Crippen molar-refractivity contribution >= 4 is 54.7 Å². The Hall–Kier alpha value is -3.67. The van der Waals surface area contributed by atoms with Crippen LogP contribution in [-0.2, 0) is 0 Å². The molecule has 0 bridgehead atoms. The van der Waals surface area contributed by atoms with Crippen LogP contribution in [0.1, 0.15) is 33.6 Å². The van der Waals surface area contributed by atoms with Crippen LogP contribution in [0.25, 0.3) is 0 Å². The average molecular weight is 623 g/mol. The summed E-state index contributed by atoms with van der Waals surface area (Å²) in [5, 5.41) is 0. The van der Waals surface area contributed by atoms with E-state index in [0.717, 1.165) is 65.4 Å². The van der Waals surface area contributed by atoms with Crippen LogP contribution in [0.2, 0.25) is 0 Å². The molecule has 1 heterocycles. The van der Waals surface area contributed by atoms with Crippen molar-refractivity contribution in [1.82, 2.24) is 4.98 Å². The highest BCUT2D eigenvalue weighted by Gasteiger charge is 2.14. The van der Waals surface area contributed by atoms with E-state index in [-0.39, 0.29) is 0 Å². The molecule has 38 heavy (non-hydrogen) atoms. The Morgan fingerprint density at radius 3 is 1.34 bits per heavy atom. The summed E-state index contributed by atoms with van der Waals surface area (Å²) in [6, 6.07) is 38.6. The Morgan fingerprint density at radius 1 is 0.526 bits per heavy atom. The second-order valence-electron chi connectivity index (χ2n) is 8.93. The Bertz CT molecular complexity index is 1520. The van der Waals surface area contributed by atoms with Crippen molar-refractivity contribution in [2.24, 2.45) is 9.98 Å². The normalized spacial score (nSPS) is 12.0. The minimum absolute atomic E-state index is 0.782. The molecule has 0 aliphatic carbocycles. The average Bonchev–Trinajstić information content (AvgIpc) is 2.95. The third-order valence-electron chi connectivity index (χ3n) is 6.09. The van der Waals surface area contributed by atoms with Crippen LogP contribution in [0.15, 0.2) is 134 Å². The fourth-order valence-corrected chi connectivity index (χ4v) is 4.58. The molecule has 4 aromatic carbocycles. The fourth-order valence-electron chi connectivity index (χ4n) is 4.08. The predicted molar refractivity (Wildman–Crippen MR) is 165 cm³/mol. The zero-order valence-corrected chi connectivity index (χ0v) is 24.2. The lowest BCUT2D eigenvalue weighted by atomic mass is 10.0. The monoisotopic (exact) mass is 621 g/mol. The van der Waals surface area contributed by atoms with E-state index in [1.165, 1.54) is 0 Å². The number of hydrogen-bond donors (Lipinski definition) is 0. The second-order valence-corrected chi connectivity index (χ2v) is 10.6. The maximum atomic E-state index is 5.12. The molecule has 5 heteroatoms. The van der Waals surface area contributed by atoms with Crippen LogP contribution in [0.3, 0.4) is 0 Å². The van der Waals surface area contributed by atoms with Crippen LogP contribution < -0.4 is 0 Å². The first kappa shape index (κ1) is 26.0. The van der Waals surface area contributed by atoms with E-state index in [4.69, 9.17) is 15.0 Å². The van der Waals surface area contributed by atoms with Gasteiger partial charge in [0, 0.05) is 20.1 Å². The largest absolute Gasteiger partial charge is 0.246 e. The highest BCUT2D eigenvalue weighted by atomic mass is 79.9. The van der Waals surface area contributed by atoms with E-state index < -0.39 is 0 Å². The molecular weight excluding hydrogens is 598 g/mol. The van der Waals surface area contributed by atoms with Gasteiger partial charge in [0.15, 0.2) is 0 Å². The minimum Gasteiger partial charge on any atom is -0.246 e. The van der Waals surface area contributed by atoms with Crippen LogP contribution in [0, 0.1) is 13.8 Å². The van der Waals surface area contributed by atoms with E-state index in [2.05, 4.69) is 82.1 Å². The molecule has 186 valence electrons. The van der Waals surface area contributed by atoms with Crippen molar-refractivity contribution in [2.75, 3.05) is 0 Å². The second kappa shape index (κ2) is 11.8. The first-order valence-electron chi connectivity index (χ1n) is 12.3. The molecule has 0 aliphatic heterocycles. The van der Waals surface area contributed by atoms with E-state index in [0.29, 0.717) is 0 Å². The SMILES string of the molecule is Cc1cc(N=C(c2ccccc2)c2cccc(C(=Nc3ccc(Br)c(C)c3)c3ccccc3)n2)ccc1Br. The van der Waals surface area contributed by atoms with Gasteiger partial charge in [0.05, 0.1) is 34.2 Å². The van der Waals surface area contributed by atoms with Gasteiger partial charge in [0.1, 0.15) is 0 Å². The summed E-state index contributed by atoms with van der Waals surface area (Å²) in [5.74, 6) is 0. The summed E-state index contributed by atoms with van der Waals surface area (Å²) in [6.07, 6.45) is 0. The van der Waals surface area contributed by atoms with Crippen molar-refractivity contribution in [3.8, 4) is 0 Å². The zero-order valence-electron chi connectivity index (χ0n) is 21.1. The van der Waals surface area contributed by atoms with Gasteiger partial charge in [-0.2, -0.15) is 0 Å². The number of aliphatic imine (C=N–C) groups is 2. The highest BCUT2D eigenvalue weighted by molar-refractivity contribution is 9.10. The van der Waals surface area contributed by atoms with Crippen LogP contribution >= 0.6 is 31.9 Å². The van der Waals surface area contributed by atoms with Gasteiger partial charge in [0.2, 0.25) is 0 Å². The summed E-state index contributed by atoms with van der Waals surface area (Å²) in [7, 11) is 0.